The average molecular weight is 304 g/mol. The summed E-state index contributed by atoms with van der Waals surface area (Å²) in [7, 11) is 0. The van der Waals surface area contributed by atoms with E-state index in [4.69, 9.17) is 21.6 Å². The van der Waals surface area contributed by atoms with Crippen LogP contribution in [-0.2, 0) is 4.79 Å². The maximum absolute atomic E-state index is 11.9. The first-order valence-electron chi connectivity index (χ1n) is 6.53. The van der Waals surface area contributed by atoms with Crippen molar-refractivity contribution in [2.75, 3.05) is 6.61 Å². The van der Waals surface area contributed by atoms with E-state index in [-0.39, 0.29) is 23.5 Å². The van der Waals surface area contributed by atoms with Crippen LogP contribution in [0.15, 0.2) is 18.2 Å². The van der Waals surface area contributed by atoms with Gasteiger partial charge in [-0.25, -0.2) is 0 Å². The fourth-order valence-corrected chi connectivity index (χ4v) is 2.27. The molecule has 2 rings (SSSR count). The van der Waals surface area contributed by atoms with Crippen molar-refractivity contribution in [1.82, 2.24) is 5.32 Å². The molecule has 1 atom stereocenters. The summed E-state index contributed by atoms with van der Waals surface area (Å²) in [4.78, 5) is 11.9. The Labute approximate surface area is 128 Å². The molecule has 1 aromatic rings. The molecule has 1 amide bonds. The quantitative estimate of drug-likeness (QED) is 0.905. The van der Waals surface area contributed by atoms with E-state index < -0.39 is 5.54 Å². The van der Waals surface area contributed by atoms with Crippen LogP contribution >= 0.6 is 11.6 Å². The topological polar surface area (TPSA) is 85.9 Å². The fourth-order valence-electron chi connectivity index (χ4n) is 2.04. The lowest BCUT2D eigenvalue weighted by Crippen LogP contribution is -2.48. The summed E-state index contributed by atoms with van der Waals surface area (Å²) in [6.07, 6.45) is 1.90. The second kappa shape index (κ2) is 6.03. The Balaban J connectivity index is 1.93. The number of nitrogens with one attached hydrogen (secondary N) is 1. The Morgan fingerprint density at radius 1 is 1.52 bits per heavy atom. The van der Waals surface area contributed by atoms with Gasteiger partial charge in [0.1, 0.15) is 11.3 Å². The predicted molar refractivity (Wildman–Crippen MR) is 76.5 cm³/mol. The van der Waals surface area contributed by atoms with Gasteiger partial charge in [-0.15, -0.1) is 0 Å². The normalized spacial score (nSPS) is 16.2. The van der Waals surface area contributed by atoms with Gasteiger partial charge >= 0.3 is 0 Å². The van der Waals surface area contributed by atoms with E-state index in [1.807, 2.05) is 6.07 Å². The lowest BCUT2D eigenvalue weighted by molar-refractivity contribution is -0.124. The number of halogens is 1. The number of nitriles is 2. The number of ether oxygens (including phenoxy) is 1. The molecule has 0 aromatic heterocycles. The highest BCUT2D eigenvalue weighted by Crippen LogP contribution is 2.39. The van der Waals surface area contributed by atoms with Crippen molar-refractivity contribution >= 4 is 17.5 Å². The number of hydrogen-bond acceptors (Lipinski definition) is 4. The first kappa shape index (κ1) is 15.2. The maximum Gasteiger partial charge on any atom is 0.259 e. The molecule has 0 heterocycles. The molecule has 0 aliphatic heterocycles. The molecule has 108 valence electrons. The molecule has 1 saturated carbocycles. The standard InChI is InChI=1S/C15H14ClN3O2/c1-15(9-18,11-3-4-11)19-14(20)8-21-13-5-2-10(7-17)6-12(13)16/h2,5-6,11H,3-4,8H2,1H3,(H,19,20)/t15-/m1/s1. The van der Waals surface area contributed by atoms with E-state index in [0.717, 1.165) is 12.8 Å². The van der Waals surface area contributed by atoms with Crippen molar-refractivity contribution in [3.63, 3.8) is 0 Å². The molecule has 21 heavy (non-hydrogen) atoms. The van der Waals surface area contributed by atoms with E-state index in [1.54, 1.807) is 19.1 Å². The summed E-state index contributed by atoms with van der Waals surface area (Å²) < 4.78 is 5.33. The third-order valence-corrected chi connectivity index (χ3v) is 3.74. The van der Waals surface area contributed by atoms with E-state index in [0.29, 0.717) is 11.3 Å². The van der Waals surface area contributed by atoms with Crippen LogP contribution in [-0.4, -0.2) is 18.1 Å². The van der Waals surface area contributed by atoms with Crippen LogP contribution < -0.4 is 10.1 Å². The van der Waals surface area contributed by atoms with Crippen LogP contribution in [0.4, 0.5) is 0 Å². The van der Waals surface area contributed by atoms with E-state index >= 15 is 0 Å². The Morgan fingerprint density at radius 2 is 2.24 bits per heavy atom. The van der Waals surface area contributed by atoms with Gasteiger partial charge < -0.3 is 10.1 Å². The molecule has 6 heteroatoms. The fraction of sp³-hybridized carbons (Fsp3) is 0.400. The Bertz CT molecular complexity index is 643. The van der Waals surface area contributed by atoms with Crippen molar-refractivity contribution in [1.29, 1.82) is 10.5 Å². The van der Waals surface area contributed by atoms with Crippen molar-refractivity contribution in [3.05, 3.63) is 28.8 Å². The first-order chi connectivity index (χ1) is 9.98. The molecular formula is C15H14ClN3O2. The van der Waals surface area contributed by atoms with Crippen molar-refractivity contribution in [2.45, 2.75) is 25.3 Å². The molecule has 1 aliphatic rings. The molecule has 1 N–H and O–H groups in total. The lowest BCUT2D eigenvalue weighted by Gasteiger charge is -2.22. The summed E-state index contributed by atoms with van der Waals surface area (Å²) in [6.45, 7) is 1.49. The number of benzene rings is 1. The minimum Gasteiger partial charge on any atom is -0.482 e. The van der Waals surface area contributed by atoms with E-state index in [9.17, 15) is 10.1 Å². The summed E-state index contributed by atoms with van der Waals surface area (Å²) in [6, 6.07) is 8.68. The van der Waals surface area contributed by atoms with Gasteiger partial charge in [-0.2, -0.15) is 10.5 Å². The van der Waals surface area contributed by atoms with Crippen LogP contribution in [0.1, 0.15) is 25.3 Å². The van der Waals surface area contributed by atoms with Gasteiger partial charge in [-0.1, -0.05) is 11.6 Å². The Hall–Kier alpha value is -2.24. The molecule has 5 nitrogen and oxygen atoms in total. The summed E-state index contributed by atoms with van der Waals surface area (Å²) in [5, 5.41) is 20.9. The predicted octanol–water partition coefficient (Wildman–Crippen LogP) is 2.40. The monoisotopic (exact) mass is 303 g/mol. The molecule has 1 fully saturated rings. The molecule has 0 spiro atoms. The molecule has 0 bridgehead atoms. The molecule has 1 aliphatic carbocycles. The summed E-state index contributed by atoms with van der Waals surface area (Å²) in [5.74, 6) is 0.173. The van der Waals surface area contributed by atoms with Gasteiger partial charge in [0.25, 0.3) is 5.91 Å². The summed E-state index contributed by atoms with van der Waals surface area (Å²) in [5.41, 5.74) is -0.419. The maximum atomic E-state index is 11.9. The van der Waals surface area contributed by atoms with Crippen molar-refractivity contribution in [2.24, 2.45) is 5.92 Å². The highest BCUT2D eigenvalue weighted by atomic mass is 35.5. The number of nitrogens with zero attached hydrogens (tertiary/aromatic N) is 2. The zero-order chi connectivity index (χ0) is 15.5. The highest BCUT2D eigenvalue weighted by molar-refractivity contribution is 6.32. The van der Waals surface area contributed by atoms with Crippen LogP contribution in [0.2, 0.25) is 5.02 Å². The van der Waals surface area contributed by atoms with Gasteiger partial charge in [-0.05, 0) is 43.9 Å². The molecule has 1 aromatic carbocycles. The van der Waals surface area contributed by atoms with E-state index in [2.05, 4.69) is 11.4 Å². The minimum atomic E-state index is -0.838. The number of rotatable bonds is 5. The molecule has 0 saturated heterocycles. The lowest BCUT2D eigenvalue weighted by atomic mass is 9.98. The van der Waals surface area contributed by atoms with Gasteiger partial charge in [-0.3, -0.25) is 4.79 Å². The average Bonchev–Trinajstić information content (AvgIpc) is 3.30. The largest absolute Gasteiger partial charge is 0.482 e. The highest BCUT2D eigenvalue weighted by Gasteiger charge is 2.43. The second-order valence-corrected chi connectivity index (χ2v) is 5.59. The SMILES string of the molecule is C[C@](C#N)(NC(=O)COc1ccc(C#N)cc1Cl)C1CC1. The van der Waals surface area contributed by atoms with Crippen LogP contribution in [0.25, 0.3) is 0 Å². The van der Waals surface area contributed by atoms with Gasteiger partial charge in [0.2, 0.25) is 0 Å². The van der Waals surface area contributed by atoms with Crippen LogP contribution in [0, 0.1) is 28.6 Å². The first-order valence-corrected chi connectivity index (χ1v) is 6.91. The third-order valence-electron chi connectivity index (χ3n) is 3.44. The van der Waals surface area contributed by atoms with Gasteiger partial charge in [0, 0.05) is 0 Å². The number of hydrogen-bond donors (Lipinski definition) is 1. The molecule has 0 unspecified atom stereocenters. The van der Waals surface area contributed by atoms with Gasteiger partial charge in [0.05, 0.1) is 22.7 Å². The zero-order valence-electron chi connectivity index (χ0n) is 11.5. The van der Waals surface area contributed by atoms with Crippen LogP contribution in [0.5, 0.6) is 5.75 Å². The smallest absolute Gasteiger partial charge is 0.259 e. The molecule has 0 radical (unpaired) electrons. The number of carbonyl (C=O) groups excluding carboxylic acids is 1. The second-order valence-electron chi connectivity index (χ2n) is 5.18. The number of amides is 1. The Kier molecular flexibility index (Phi) is 4.35. The third kappa shape index (κ3) is 3.65. The minimum absolute atomic E-state index is 0.213. The summed E-state index contributed by atoms with van der Waals surface area (Å²) >= 11 is 5.95. The zero-order valence-corrected chi connectivity index (χ0v) is 12.3. The van der Waals surface area contributed by atoms with E-state index in [1.165, 1.54) is 6.07 Å². The Morgan fingerprint density at radius 3 is 2.76 bits per heavy atom. The van der Waals surface area contributed by atoms with Crippen molar-refractivity contribution in [3.8, 4) is 17.9 Å². The molecular weight excluding hydrogens is 290 g/mol. The van der Waals surface area contributed by atoms with Crippen LogP contribution in [0.3, 0.4) is 0 Å². The van der Waals surface area contributed by atoms with Crippen molar-refractivity contribution < 1.29 is 9.53 Å². The van der Waals surface area contributed by atoms with Gasteiger partial charge in [0.15, 0.2) is 6.61 Å². The number of carbonyl (C=O) groups is 1.